The van der Waals surface area contributed by atoms with Gasteiger partial charge < -0.3 is 5.11 Å². The highest BCUT2D eigenvalue weighted by atomic mass is 16.3. The molecule has 0 bridgehead atoms. The van der Waals surface area contributed by atoms with Gasteiger partial charge in [0.15, 0.2) is 5.75 Å². The van der Waals surface area contributed by atoms with Crippen molar-refractivity contribution in [1.29, 1.82) is 0 Å². The maximum Gasteiger partial charge on any atom is 0.164 e. The van der Waals surface area contributed by atoms with Crippen LogP contribution in [0.25, 0.3) is 11.3 Å². The minimum Gasteiger partial charge on any atom is -0.504 e. The summed E-state index contributed by atoms with van der Waals surface area (Å²) >= 11 is 0. The fourth-order valence-corrected chi connectivity index (χ4v) is 2.67. The smallest absolute Gasteiger partial charge is 0.164 e. The number of hydrogen-bond acceptors (Lipinski definition) is 2. The van der Waals surface area contributed by atoms with Crippen LogP contribution in [0.15, 0.2) is 12.1 Å². The fraction of sp³-hybridized carbons (Fsp3) is 0.471. The summed E-state index contributed by atoms with van der Waals surface area (Å²) in [7, 11) is 1.87. The van der Waals surface area contributed by atoms with Crippen molar-refractivity contribution >= 4 is 0 Å². The summed E-state index contributed by atoms with van der Waals surface area (Å²) in [4.78, 5) is 0. The van der Waals surface area contributed by atoms with Crippen molar-refractivity contribution in [3.8, 4) is 17.0 Å². The van der Waals surface area contributed by atoms with Crippen LogP contribution in [-0.4, -0.2) is 14.9 Å². The summed E-state index contributed by atoms with van der Waals surface area (Å²) in [6.45, 7) is 8.38. The molecule has 3 nitrogen and oxygen atoms in total. The largest absolute Gasteiger partial charge is 0.504 e. The third-order valence-corrected chi connectivity index (χ3v) is 4.07. The normalized spacial score (nSPS) is 11.1. The van der Waals surface area contributed by atoms with E-state index in [0.717, 1.165) is 36.2 Å². The summed E-state index contributed by atoms with van der Waals surface area (Å²) in [5, 5.41) is 14.9. The van der Waals surface area contributed by atoms with E-state index < -0.39 is 0 Å². The molecule has 0 atom stereocenters. The van der Waals surface area contributed by atoms with Gasteiger partial charge in [0, 0.05) is 12.6 Å². The summed E-state index contributed by atoms with van der Waals surface area (Å²) in [6, 6.07) is 4.50. The van der Waals surface area contributed by atoms with E-state index in [0.29, 0.717) is 5.75 Å². The second-order valence-electron chi connectivity index (χ2n) is 5.26. The van der Waals surface area contributed by atoms with Gasteiger partial charge in [0.05, 0.1) is 5.69 Å². The molecule has 0 saturated heterocycles. The van der Waals surface area contributed by atoms with Gasteiger partial charge >= 0.3 is 0 Å². The molecule has 0 aliphatic heterocycles. The fourth-order valence-electron chi connectivity index (χ4n) is 2.67. The van der Waals surface area contributed by atoms with Gasteiger partial charge in [-0.2, -0.15) is 5.10 Å². The summed E-state index contributed by atoms with van der Waals surface area (Å²) in [5.41, 5.74) is 6.55. The molecule has 20 heavy (non-hydrogen) atoms. The molecule has 1 N–H and O–H groups in total. The van der Waals surface area contributed by atoms with Crippen LogP contribution in [0, 0.1) is 6.92 Å². The number of hydrogen-bond donors (Lipinski definition) is 1. The number of rotatable bonds is 4. The van der Waals surface area contributed by atoms with E-state index in [9.17, 15) is 5.11 Å². The second-order valence-corrected chi connectivity index (χ2v) is 5.26. The van der Waals surface area contributed by atoms with E-state index in [1.54, 1.807) is 4.68 Å². The van der Waals surface area contributed by atoms with Gasteiger partial charge in [0.1, 0.15) is 5.69 Å². The molecule has 0 amide bonds. The molecular weight excluding hydrogens is 248 g/mol. The van der Waals surface area contributed by atoms with E-state index in [-0.39, 0.29) is 0 Å². The van der Waals surface area contributed by atoms with Crippen molar-refractivity contribution in [1.82, 2.24) is 9.78 Å². The monoisotopic (exact) mass is 272 g/mol. The number of aryl methyl sites for hydroxylation is 4. The van der Waals surface area contributed by atoms with Gasteiger partial charge in [-0.15, -0.1) is 0 Å². The van der Waals surface area contributed by atoms with Gasteiger partial charge in [-0.1, -0.05) is 32.9 Å². The van der Waals surface area contributed by atoms with E-state index in [2.05, 4.69) is 38.0 Å². The number of aromatic nitrogens is 2. The lowest BCUT2D eigenvalue weighted by Gasteiger charge is -2.14. The minimum absolute atomic E-state index is 0.307. The molecule has 1 aromatic heterocycles. The maximum absolute atomic E-state index is 10.4. The molecule has 2 rings (SSSR count). The lowest BCUT2D eigenvalue weighted by Crippen LogP contribution is -1.99. The van der Waals surface area contributed by atoms with Crippen molar-refractivity contribution in [2.75, 3.05) is 0 Å². The van der Waals surface area contributed by atoms with Gasteiger partial charge in [0.25, 0.3) is 0 Å². The molecule has 108 valence electrons. The maximum atomic E-state index is 10.4. The Labute approximate surface area is 121 Å². The molecule has 1 aromatic carbocycles. The summed E-state index contributed by atoms with van der Waals surface area (Å²) in [5.74, 6) is 0.307. The molecule has 3 heteroatoms. The van der Waals surface area contributed by atoms with Crippen LogP contribution in [0.2, 0.25) is 0 Å². The van der Waals surface area contributed by atoms with E-state index >= 15 is 0 Å². The van der Waals surface area contributed by atoms with Crippen LogP contribution in [0.4, 0.5) is 0 Å². The second kappa shape index (κ2) is 5.70. The predicted molar refractivity (Wildman–Crippen MR) is 83.2 cm³/mol. The van der Waals surface area contributed by atoms with Crippen molar-refractivity contribution in [2.24, 2.45) is 7.05 Å². The van der Waals surface area contributed by atoms with Gasteiger partial charge in [-0.3, -0.25) is 4.68 Å². The number of benzene rings is 1. The van der Waals surface area contributed by atoms with Gasteiger partial charge in [-0.05, 0) is 42.9 Å². The van der Waals surface area contributed by atoms with Gasteiger partial charge in [0.2, 0.25) is 0 Å². The van der Waals surface area contributed by atoms with E-state index in [4.69, 9.17) is 0 Å². The molecule has 0 aliphatic carbocycles. The van der Waals surface area contributed by atoms with Crippen molar-refractivity contribution in [3.05, 3.63) is 34.5 Å². The Morgan fingerprint density at radius 2 is 1.60 bits per heavy atom. The molecule has 0 aliphatic rings. The zero-order chi connectivity index (χ0) is 14.9. The first-order valence-electron chi connectivity index (χ1n) is 7.40. The zero-order valence-corrected chi connectivity index (χ0v) is 13.1. The zero-order valence-electron chi connectivity index (χ0n) is 13.1. The average molecular weight is 272 g/mol. The lowest BCUT2D eigenvalue weighted by molar-refractivity contribution is 0.471. The van der Waals surface area contributed by atoms with Crippen LogP contribution in [-0.2, 0) is 26.3 Å². The lowest BCUT2D eigenvalue weighted by atomic mass is 9.91. The first-order valence-corrected chi connectivity index (χ1v) is 7.40. The first kappa shape index (κ1) is 14.6. The van der Waals surface area contributed by atoms with Gasteiger partial charge in [-0.25, -0.2) is 0 Å². The number of aromatic hydroxyl groups is 1. The topological polar surface area (TPSA) is 38.0 Å². The Hall–Kier alpha value is -1.77. The van der Waals surface area contributed by atoms with E-state index in [1.165, 1.54) is 16.7 Å². The summed E-state index contributed by atoms with van der Waals surface area (Å²) in [6.07, 6.45) is 2.93. The van der Waals surface area contributed by atoms with Crippen molar-refractivity contribution in [2.45, 2.75) is 47.0 Å². The highest BCUT2D eigenvalue weighted by Gasteiger charge is 2.19. The van der Waals surface area contributed by atoms with Crippen LogP contribution in [0.5, 0.6) is 5.75 Å². The Morgan fingerprint density at radius 1 is 1.05 bits per heavy atom. The minimum atomic E-state index is 0.307. The highest BCUT2D eigenvalue weighted by molar-refractivity contribution is 5.74. The molecule has 2 aromatic rings. The predicted octanol–water partition coefficient (Wildman–Crippen LogP) is 3.79. The Morgan fingerprint density at radius 3 is 1.95 bits per heavy atom. The molecule has 0 unspecified atom stereocenters. The first-order chi connectivity index (χ1) is 9.53. The third kappa shape index (κ3) is 2.33. The van der Waals surface area contributed by atoms with Crippen LogP contribution < -0.4 is 0 Å². The van der Waals surface area contributed by atoms with Crippen LogP contribution in [0.3, 0.4) is 0 Å². The van der Waals surface area contributed by atoms with Crippen molar-refractivity contribution in [3.63, 3.8) is 0 Å². The molecular formula is C17H24N2O. The van der Waals surface area contributed by atoms with E-state index in [1.807, 2.05) is 14.0 Å². The quantitative estimate of drug-likeness (QED) is 0.919. The molecule has 0 saturated carbocycles. The molecule has 1 heterocycles. The Balaban J connectivity index is 2.74. The SMILES string of the molecule is CCc1cc(CC)c(-c2nn(C)c(C)c2O)c(CC)c1. The van der Waals surface area contributed by atoms with Crippen molar-refractivity contribution < 1.29 is 5.11 Å². The third-order valence-electron chi connectivity index (χ3n) is 4.07. The summed E-state index contributed by atoms with van der Waals surface area (Å²) < 4.78 is 1.75. The van der Waals surface area contributed by atoms with Crippen LogP contribution in [0.1, 0.15) is 43.2 Å². The molecule has 0 radical (unpaired) electrons. The Bertz CT molecular complexity index is 601. The Kier molecular flexibility index (Phi) is 4.17. The standard InChI is InChI=1S/C17H24N2O/c1-6-12-9-13(7-2)15(14(8-3)10-12)16-17(20)11(4)19(5)18-16/h9-10,20H,6-8H2,1-5H3. The van der Waals surface area contributed by atoms with Crippen LogP contribution >= 0.6 is 0 Å². The number of nitrogens with zero attached hydrogens (tertiary/aromatic N) is 2. The average Bonchev–Trinajstić information content (AvgIpc) is 2.73. The molecule has 0 fully saturated rings. The highest BCUT2D eigenvalue weighted by Crippen LogP contribution is 2.36. The molecule has 0 spiro atoms.